The van der Waals surface area contributed by atoms with Crippen LogP contribution in [0, 0.1) is 6.92 Å². The van der Waals surface area contributed by atoms with E-state index in [2.05, 4.69) is 5.32 Å². The monoisotopic (exact) mass is 318 g/mol. The quantitative estimate of drug-likeness (QED) is 0.913. The van der Waals surface area contributed by atoms with Gasteiger partial charge >= 0.3 is 0 Å². The largest absolute Gasteiger partial charge is 0.495 e. The molecule has 4 nitrogen and oxygen atoms in total. The van der Waals surface area contributed by atoms with Crippen LogP contribution < -0.4 is 15.0 Å². The average Bonchev–Trinajstić information content (AvgIpc) is 2.55. The van der Waals surface area contributed by atoms with Crippen molar-refractivity contribution in [1.29, 1.82) is 0 Å². The minimum absolute atomic E-state index is 0.0409. The zero-order valence-corrected chi connectivity index (χ0v) is 13.6. The maximum Gasteiger partial charge on any atom is 0.246 e. The van der Waals surface area contributed by atoms with Crippen LogP contribution in [0.25, 0.3) is 0 Å². The summed E-state index contributed by atoms with van der Waals surface area (Å²) in [5.74, 6) is 0.576. The second-order valence-corrected chi connectivity index (χ2v) is 5.35. The lowest BCUT2D eigenvalue weighted by Gasteiger charge is -2.19. The molecule has 116 valence electrons. The number of anilines is 2. The lowest BCUT2D eigenvalue weighted by molar-refractivity contribution is -0.116. The summed E-state index contributed by atoms with van der Waals surface area (Å²) >= 11 is 6.07. The van der Waals surface area contributed by atoms with Crippen LogP contribution in [0.1, 0.15) is 5.56 Å². The predicted molar refractivity (Wildman–Crippen MR) is 91.1 cm³/mol. The summed E-state index contributed by atoms with van der Waals surface area (Å²) in [7, 11) is 3.33. The van der Waals surface area contributed by atoms with E-state index in [0.717, 1.165) is 16.9 Å². The van der Waals surface area contributed by atoms with Gasteiger partial charge in [-0.25, -0.2) is 0 Å². The number of carbonyl (C=O) groups excluding carboxylic acids is 1. The number of aryl methyl sites for hydroxylation is 1. The molecular weight excluding hydrogens is 300 g/mol. The van der Waals surface area contributed by atoms with E-state index in [1.165, 1.54) is 0 Å². The first-order chi connectivity index (χ1) is 10.5. The van der Waals surface area contributed by atoms with E-state index in [1.807, 2.05) is 43.3 Å². The molecule has 2 rings (SSSR count). The van der Waals surface area contributed by atoms with Gasteiger partial charge in [0, 0.05) is 23.8 Å². The smallest absolute Gasteiger partial charge is 0.246 e. The lowest BCUT2D eigenvalue weighted by Crippen LogP contribution is -2.32. The van der Waals surface area contributed by atoms with Gasteiger partial charge in [0.15, 0.2) is 0 Å². The number of hydrogen-bond donors (Lipinski definition) is 1. The highest BCUT2D eigenvalue weighted by Crippen LogP contribution is 2.30. The van der Waals surface area contributed by atoms with E-state index in [9.17, 15) is 4.79 Å². The van der Waals surface area contributed by atoms with Gasteiger partial charge in [-0.2, -0.15) is 0 Å². The van der Waals surface area contributed by atoms with Gasteiger partial charge in [-0.3, -0.25) is 4.79 Å². The van der Waals surface area contributed by atoms with Crippen LogP contribution >= 0.6 is 11.6 Å². The van der Waals surface area contributed by atoms with Crippen LogP contribution in [-0.2, 0) is 4.79 Å². The van der Waals surface area contributed by atoms with Gasteiger partial charge in [-0.15, -0.1) is 0 Å². The number of carbonyl (C=O) groups is 1. The van der Waals surface area contributed by atoms with E-state index in [1.54, 1.807) is 25.1 Å². The Labute approximate surface area is 135 Å². The number of benzene rings is 2. The minimum atomic E-state index is -0.0409. The third kappa shape index (κ3) is 3.71. The van der Waals surface area contributed by atoms with Crippen molar-refractivity contribution < 1.29 is 9.53 Å². The molecule has 0 atom stereocenters. The van der Waals surface area contributed by atoms with Gasteiger partial charge in [-0.1, -0.05) is 29.8 Å². The second kappa shape index (κ2) is 7.18. The molecule has 0 saturated carbocycles. The average molecular weight is 319 g/mol. The molecule has 0 aliphatic heterocycles. The summed E-state index contributed by atoms with van der Waals surface area (Å²) in [6, 6.07) is 13.1. The van der Waals surface area contributed by atoms with Gasteiger partial charge in [-0.05, 0) is 30.7 Å². The molecule has 0 unspecified atom stereocenters. The van der Waals surface area contributed by atoms with E-state index in [-0.39, 0.29) is 12.5 Å². The molecule has 0 spiro atoms. The summed E-state index contributed by atoms with van der Waals surface area (Å²) < 4.78 is 5.29. The number of para-hydroxylation sites is 1. The Hall–Kier alpha value is -2.20. The fourth-order valence-corrected chi connectivity index (χ4v) is 2.21. The van der Waals surface area contributed by atoms with Gasteiger partial charge < -0.3 is 15.0 Å². The number of ether oxygens (including phenoxy) is 1. The number of hydrogen-bond acceptors (Lipinski definition) is 3. The molecule has 0 aromatic heterocycles. The van der Waals surface area contributed by atoms with Crippen molar-refractivity contribution in [1.82, 2.24) is 0 Å². The van der Waals surface area contributed by atoms with Crippen LogP contribution in [0.5, 0.6) is 5.75 Å². The maximum absolute atomic E-state index is 12.3. The van der Waals surface area contributed by atoms with Crippen molar-refractivity contribution in [2.24, 2.45) is 0 Å². The summed E-state index contributed by atoms with van der Waals surface area (Å²) in [4.78, 5) is 13.9. The van der Waals surface area contributed by atoms with Gasteiger partial charge in [0.2, 0.25) is 5.91 Å². The molecular formula is C17H19ClN2O2. The molecule has 0 saturated heterocycles. The van der Waals surface area contributed by atoms with Crippen molar-refractivity contribution in [3.05, 3.63) is 53.1 Å². The van der Waals surface area contributed by atoms with Crippen molar-refractivity contribution in [2.45, 2.75) is 6.92 Å². The van der Waals surface area contributed by atoms with Crippen molar-refractivity contribution >= 4 is 28.9 Å². The Morgan fingerprint density at radius 3 is 2.59 bits per heavy atom. The summed E-state index contributed by atoms with van der Waals surface area (Å²) in [6.07, 6.45) is 0. The molecule has 22 heavy (non-hydrogen) atoms. The Bertz CT molecular complexity index is 659. The van der Waals surface area contributed by atoms with Gasteiger partial charge in [0.25, 0.3) is 0 Å². The number of rotatable bonds is 5. The predicted octanol–water partition coefficient (Wildman–Crippen LogP) is 3.73. The first-order valence-corrected chi connectivity index (χ1v) is 7.30. The van der Waals surface area contributed by atoms with E-state index in [0.29, 0.717) is 10.8 Å². The topological polar surface area (TPSA) is 41.6 Å². The molecule has 1 N–H and O–H groups in total. The van der Waals surface area contributed by atoms with E-state index >= 15 is 0 Å². The molecule has 0 heterocycles. The Balaban J connectivity index is 2.07. The molecule has 0 fully saturated rings. The van der Waals surface area contributed by atoms with E-state index in [4.69, 9.17) is 16.3 Å². The second-order valence-electron chi connectivity index (χ2n) is 4.94. The number of methoxy groups -OCH3 is 1. The fourth-order valence-electron chi connectivity index (χ4n) is 2.06. The molecule has 0 bridgehead atoms. The molecule has 0 aliphatic carbocycles. The summed E-state index contributed by atoms with van der Waals surface area (Å²) in [5.41, 5.74) is 2.53. The fraction of sp³-hybridized carbons (Fsp3) is 0.235. The normalized spacial score (nSPS) is 10.2. The number of halogens is 1. The highest BCUT2D eigenvalue weighted by atomic mass is 35.5. The minimum Gasteiger partial charge on any atom is -0.495 e. The van der Waals surface area contributed by atoms with Crippen LogP contribution in [0.2, 0.25) is 5.02 Å². The first kappa shape index (κ1) is 16.2. The Kier molecular flexibility index (Phi) is 5.28. The zero-order chi connectivity index (χ0) is 16.1. The summed E-state index contributed by atoms with van der Waals surface area (Å²) in [6.45, 7) is 2.08. The Morgan fingerprint density at radius 2 is 1.95 bits per heavy atom. The SMILES string of the molecule is COc1cc(Cl)c(C)cc1NCC(=O)N(C)c1ccccc1. The van der Waals surface area contributed by atoms with Crippen LogP contribution in [0.4, 0.5) is 11.4 Å². The van der Waals surface area contributed by atoms with Gasteiger partial charge in [0.05, 0.1) is 19.3 Å². The maximum atomic E-state index is 12.3. The molecule has 0 radical (unpaired) electrons. The molecule has 2 aromatic rings. The Morgan fingerprint density at radius 1 is 1.27 bits per heavy atom. The third-order valence-corrected chi connectivity index (χ3v) is 3.84. The van der Waals surface area contributed by atoms with Crippen LogP contribution in [-0.4, -0.2) is 26.6 Å². The van der Waals surface area contributed by atoms with Crippen molar-refractivity contribution in [3.63, 3.8) is 0 Å². The standard InChI is InChI=1S/C17H19ClN2O2/c1-12-9-15(16(22-3)10-14(12)18)19-11-17(21)20(2)13-7-5-4-6-8-13/h4-10,19H,11H2,1-3H3. The third-order valence-electron chi connectivity index (χ3n) is 3.43. The zero-order valence-electron chi connectivity index (χ0n) is 12.9. The molecule has 1 amide bonds. The van der Waals surface area contributed by atoms with Crippen molar-refractivity contribution in [3.8, 4) is 5.75 Å². The summed E-state index contributed by atoms with van der Waals surface area (Å²) in [5, 5.41) is 3.74. The molecule has 2 aromatic carbocycles. The number of amides is 1. The van der Waals surface area contributed by atoms with Gasteiger partial charge in [0.1, 0.15) is 5.75 Å². The van der Waals surface area contributed by atoms with Crippen LogP contribution in [0.15, 0.2) is 42.5 Å². The van der Waals surface area contributed by atoms with Crippen molar-refractivity contribution in [2.75, 3.05) is 30.9 Å². The molecule has 0 aliphatic rings. The lowest BCUT2D eigenvalue weighted by atomic mass is 10.2. The highest BCUT2D eigenvalue weighted by molar-refractivity contribution is 6.31. The van der Waals surface area contributed by atoms with E-state index < -0.39 is 0 Å². The number of nitrogens with one attached hydrogen (secondary N) is 1. The highest BCUT2D eigenvalue weighted by Gasteiger charge is 2.12. The molecule has 5 heteroatoms. The number of nitrogens with zero attached hydrogens (tertiary/aromatic N) is 1. The first-order valence-electron chi connectivity index (χ1n) is 6.92. The van der Waals surface area contributed by atoms with Crippen LogP contribution in [0.3, 0.4) is 0 Å². The number of likely N-dealkylation sites (N-methyl/N-ethyl adjacent to an activating group) is 1.